The Hall–Kier alpha value is -1.44. The quantitative estimate of drug-likeness (QED) is 0.494. The van der Waals surface area contributed by atoms with E-state index in [1.54, 1.807) is 0 Å². The van der Waals surface area contributed by atoms with Gasteiger partial charge in [-0.05, 0) is 26.4 Å². The first kappa shape index (κ1) is 18.9. The summed E-state index contributed by atoms with van der Waals surface area (Å²) >= 11 is 0. The van der Waals surface area contributed by atoms with Crippen LogP contribution in [0.5, 0.6) is 0 Å². The van der Waals surface area contributed by atoms with E-state index in [0.717, 1.165) is 39.1 Å². The second kappa shape index (κ2) is 7.53. The van der Waals surface area contributed by atoms with Gasteiger partial charge < -0.3 is 24.2 Å². The van der Waals surface area contributed by atoms with Gasteiger partial charge in [0.15, 0.2) is 0 Å². The molecule has 4 aliphatic rings. The fourth-order valence-electron chi connectivity index (χ4n) is 5.09. The van der Waals surface area contributed by atoms with Crippen molar-refractivity contribution in [1.82, 2.24) is 14.7 Å². The molecular formula is C20H31N3O4. The number of amides is 2. The van der Waals surface area contributed by atoms with Gasteiger partial charge in [0.05, 0.1) is 31.1 Å². The highest BCUT2D eigenvalue weighted by Crippen LogP contribution is 2.52. The fraction of sp³-hybridized carbons (Fsp3) is 0.800. The van der Waals surface area contributed by atoms with Crippen molar-refractivity contribution >= 4 is 11.8 Å². The van der Waals surface area contributed by atoms with Gasteiger partial charge in [-0.3, -0.25) is 9.59 Å². The van der Waals surface area contributed by atoms with Crippen molar-refractivity contribution in [3.8, 4) is 0 Å². The van der Waals surface area contributed by atoms with Gasteiger partial charge in [-0.1, -0.05) is 19.1 Å². The third-order valence-electron chi connectivity index (χ3n) is 6.52. The highest BCUT2D eigenvalue weighted by atomic mass is 16.5. The summed E-state index contributed by atoms with van der Waals surface area (Å²) < 4.78 is 11.6. The number of fused-ring (bicyclic) bond motifs is 1. The monoisotopic (exact) mass is 377 g/mol. The highest BCUT2D eigenvalue weighted by Gasteiger charge is 2.67. The summed E-state index contributed by atoms with van der Waals surface area (Å²) in [4.78, 5) is 32.6. The van der Waals surface area contributed by atoms with Crippen molar-refractivity contribution in [3.63, 3.8) is 0 Å². The van der Waals surface area contributed by atoms with E-state index in [9.17, 15) is 9.59 Å². The lowest BCUT2D eigenvalue weighted by Crippen LogP contribution is -2.47. The van der Waals surface area contributed by atoms with Crippen LogP contribution in [0.1, 0.15) is 20.3 Å². The Morgan fingerprint density at radius 2 is 2.15 bits per heavy atom. The van der Waals surface area contributed by atoms with Crippen molar-refractivity contribution in [1.29, 1.82) is 0 Å². The Kier molecular flexibility index (Phi) is 5.27. The van der Waals surface area contributed by atoms with E-state index in [-0.39, 0.29) is 29.8 Å². The van der Waals surface area contributed by atoms with E-state index in [1.807, 2.05) is 28.9 Å². The maximum absolute atomic E-state index is 13.4. The summed E-state index contributed by atoms with van der Waals surface area (Å²) in [6.07, 6.45) is 4.74. The number of hydrogen-bond acceptors (Lipinski definition) is 5. The van der Waals surface area contributed by atoms with Gasteiger partial charge in [-0.15, -0.1) is 0 Å². The average molecular weight is 377 g/mol. The summed E-state index contributed by atoms with van der Waals surface area (Å²) in [6.45, 7) is 10.8. The topological polar surface area (TPSA) is 62.3 Å². The minimum absolute atomic E-state index is 0.0462. The maximum Gasteiger partial charge on any atom is 0.230 e. The fourth-order valence-corrected chi connectivity index (χ4v) is 5.09. The van der Waals surface area contributed by atoms with Gasteiger partial charge in [0.2, 0.25) is 11.8 Å². The molecule has 0 radical (unpaired) electrons. The predicted octanol–water partition coefficient (Wildman–Crippen LogP) is 0.359. The molecule has 4 aliphatic heterocycles. The molecule has 7 nitrogen and oxygen atoms in total. The van der Waals surface area contributed by atoms with Crippen LogP contribution in [0.4, 0.5) is 0 Å². The molecule has 4 heterocycles. The van der Waals surface area contributed by atoms with E-state index in [0.29, 0.717) is 26.3 Å². The van der Waals surface area contributed by atoms with Crippen LogP contribution in [0, 0.1) is 11.8 Å². The third-order valence-corrected chi connectivity index (χ3v) is 6.52. The molecule has 2 unspecified atom stereocenters. The van der Waals surface area contributed by atoms with Crippen LogP contribution in [0.25, 0.3) is 0 Å². The summed E-state index contributed by atoms with van der Waals surface area (Å²) in [5.74, 6) is -0.626. The lowest BCUT2D eigenvalue weighted by atomic mass is 9.76. The van der Waals surface area contributed by atoms with Crippen LogP contribution in [0.2, 0.25) is 0 Å². The molecule has 0 N–H and O–H groups in total. The molecular weight excluding hydrogens is 346 g/mol. The molecule has 2 amide bonds. The first-order chi connectivity index (χ1) is 13.1. The first-order valence-electron chi connectivity index (χ1n) is 10.3. The molecule has 3 saturated heterocycles. The van der Waals surface area contributed by atoms with Crippen LogP contribution < -0.4 is 0 Å². The van der Waals surface area contributed by atoms with Gasteiger partial charge in [0.1, 0.15) is 5.60 Å². The summed E-state index contributed by atoms with van der Waals surface area (Å²) in [6, 6.07) is 0. The molecule has 150 valence electrons. The van der Waals surface area contributed by atoms with Crippen LogP contribution in [0.15, 0.2) is 12.2 Å². The molecule has 0 saturated carbocycles. The summed E-state index contributed by atoms with van der Waals surface area (Å²) in [5, 5.41) is 0. The number of likely N-dealkylation sites (tertiary alicyclic amines) is 1. The van der Waals surface area contributed by atoms with Crippen LogP contribution in [-0.2, 0) is 19.1 Å². The smallest absolute Gasteiger partial charge is 0.230 e. The Morgan fingerprint density at radius 3 is 2.93 bits per heavy atom. The van der Waals surface area contributed by atoms with Gasteiger partial charge in [-0.25, -0.2) is 0 Å². The van der Waals surface area contributed by atoms with E-state index in [1.165, 1.54) is 0 Å². The Morgan fingerprint density at radius 1 is 1.30 bits per heavy atom. The van der Waals surface area contributed by atoms with Crippen molar-refractivity contribution in [2.45, 2.75) is 32.0 Å². The molecule has 0 aliphatic carbocycles. The average Bonchev–Trinajstić information content (AvgIpc) is 3.22. The van der Waals surface area contributed by atoms with Crippen molar-refractivity contribution in [2.24, 2.45) is 11.8 Å². The molecule has 0 aromatic rings. The Balaban J connectivity index is 1.48. The zero-order valence-electron chi connectivity index (χ0n) is 16.4. The van der Waals surface area contributed by atoms with Crippen LogP contribution in [0.3, 0.4) is 0 Å². The van der Waals surface area contributed by atoms with Gasteiger partial charge in [0.25, 0.3) is 0 Å². The number of carbonyl (C=O) groups excluding carboxylic acids is 2. The van der Waals surface area contributed by atoms with Crippen molar-refractivity contribution < 1.29 is 19.1 Å². The molecule has 0 aromatic heterocycles. The minimum Gasteiger partial charge on any atom is -0.380 e. The number of hydrogen-bond donors (Lipinski definition) is 0. The van der Waals surface area contributed by atoms with Crippen LogP contribution in [-0.4, -0.2) is 97.2 Å². The number of nitrogens with zero attached hydrogens (tertiary/aromatic N) is 3. The first-order valence-corrected chi connectivity index (χ1v) is 10.3. The number of ether oxygens (including phenoxy) is 2. The normalized spacial score (nSPS) is 35.8. The second-order valence-electron chi connectivity index (χ2n) is 7.97. The zero-order chi connectivity index (χ0) is 19.0. The number of rotatable bonds is 6. The molecule has 1 spiro atoms. The lowest BCUT2D eigenvalue weighted by Gasteiger charge is -2.29. The molecule has 27 heavy (non-hydrogen) atoms. The second-order valence-corrected chi connectivity index (χ2v) is 7.97. The largest absolute Gasteiger partial charge is 0.380 e. The van der Waals surface area contributed by atoms with E-state index in [4.69, 9.17) is 9.47 Å². The molecule has 4 rings (SSSR count). The van der Waals surface area contributed by atoms with Gasteiger partial charge in [0, 0.05) is 32.8 Å². The maximum atomic E-state index is 13.4. The predicted molar refractivity (Wildman–Crippen MR) is 100 cm³/mol. The highest BCUT2D eigenvalue weighted by molar-refractivity contribution is 5.93. The van der Waals surface area contributed by atoms with E-state index in [2.05, 4.69) is 11.8 Å². The SMILES string of the molecule is CCOCCN1C[C@@]23C=C[C@@H](O2)C(C(=O)N2CCCN(CC)CC2)C3C1=O. The van der Waals surface area contributed by atoms with Crippen molar-refractivity contribution in [3.05, 3.63) is 12.2 Å². The van der Waals surface area contributed by atoms with Crippen molar-refractivity contribution in [2.75, 3.05) is 59.0 Å². The standard InChI is InChI=1S/C20H31N3O4/c1-3-21-8-5-9-22(11-10-21)18(24)16-15-6-7-20(27-15)14-23(12-13-26-4-2)19(25)17(16)20/h6-7,15-17H,3-5,8-14H2,1-2H3/t15-,16?,17?,20-/m1/s1. The van der Waals surface area contributed by atoms with Gasteiger partial charge in [-0.2, -0.15) is 0 Å². The minimum atomic E-state index is -0.615. The summed E-state index contributed by atoms with van der Waals surface area (Å²) in [5.41, 5.74) is -0.615. The van der Waals surface area contributed by atoms with E-state index >= 15 is 0 Å². The molecule has 2 bridgehead atoms. The molecule has 4 atom stereocenters. The van der Waals surface area contributed by atoms with E-state index < -0.39 is 5.60 Å². The Labute approximate surface area is 161 Å². The third kappa shape index (κ3) is 3.19. The molecule has 3 fully saturated rings. The summed E-state index contributed by atoms with van der Waals surface area (Å²) in [7, 11) is 0. The molecule has 7 heteroatoms. The number of carbonyl (C=O) groups is 2. The van der Waals surface area contributed by atoms with Gasteiger partial charge >= 0.3 is 0 Å². The van der Waals surface area contributed by atoms with Crippen LogP contribution >= 0.6 is 0 Å². The lowest BCUT2D eigenvalue weighted by molar-refractivity contribution is -0.143. The Bertz CT molecular complexity index is 624. The number of likely N-dealkylation sites (N-methyl/N-ethyl adjacent to an activating group) is 1. The zero-order valence-corrected chi connectivity index (χ0v) is 16.4. The molecule has 0 aromatic carbocycles.